The maximum atomic E-state index is 12.6. The Bertz CT molecular complexity index is 1160. The van der Waals surface area contributed by atoms with E-state index in [4.69, 9.17) is 4.74 Å². The van der Waals surface area contributed by atoms with Crippen molar-refractivity contribution in [3.63, 3.8) is 0 Å². The zero-order chi connectivity index (χ0) is 57.8. The molecule has 2 unspecified atom stereocenters. The number of hydrogen-bond donors (Lipinski definition) is 3. The summed E-state index contributed by atoms with van der Waals surface area (Å²) in [7, 11) is 0. The van der Waals surface area contributed by atoms with Crippen LogP contribution in [0.1, 0.15) is 438 Å². The standard InChI is InChI=1S/C74H147NO5/c1-3-5-7-9-11-13-15-17-19-20-21-22-27-30-33-36-39-42-46-50-54-58-62-66-72(77)71(70-76)75-73(78)67-63-59-55-51-47-43-40-37-34-31-28-25-23-24-26-29-32-35-38-41-45-49-53-57-61-65-69-80-74(79)68-64-60-56-52-48-44-18-16-14-12-10-8-6-4-2/h71-72,76-77H,3-70H2,1-2H3,(H,75,78). The normalized spacial score (nSPS) is 12.4. The molecule has 0 aromatic heterocycles. The van der Waals surface area contributed by atoms with Crippen molar-refractivity contribution >= 4 is 11.9 Å². The fourth-order valence-electron chi connectivity index (χ4n) is 12.2. The molecule has 0 aliphatic rings. The predicted molar refractivity (Wildman–Crippen MR) is 352 cm³/mol. The maximum Gasteiger partial charge on any atom is 0.305 e. The molecule has 0 radical (unpaired) electrons. The van der Waals surface area contributed by atoms with Gasteiger partial charge in [-0.25, -0.2) is 0 Å². The van der Waals surface area contributed by atoms with Gasteiger partial charge in [-0.05, 0) is 25.7 Å². The average Bonchev–Trinajstić information content (AvgIpc) is 3.46. The lowest BCUT2D eigenvalue weighted by molar-refractivity contribution is -0.143. The second-order valence-electron chi connectivity index (χ2n) is 26.0. The van der Waals surface area contributed by atoms with Crippen molar-refractivity contribution < 1.29 is 24.5 Å². The molecule has 0 aromatic rings. The van der Waals surface area contributed by atoms with E-state index in [2.05, 4.69) is 19.2 Å². The fourth-order valence-corrected chi connectivity index (χ4v) is 12.2. The van der Waals surface area contributed by atoms with Crippen molar-refractivity contribution in [3.05, 3.63) is 0 Å². The van der Waals surface area contributed by atoms with Crippen LogP contribution in [0.25, 0.3) is 0 Å². The lowest BCUT2D eigenvalue weighted by atomic mass is 10.0. The number of carbonyl (C=O) groups excluding carboxylic acids is 2. The summed E-state index contributed by atoms with van der Waals surface area (Å²) in [6.45, 7) is 5.01. The molecule has 478 valence electrons. The van der Waals surface area contributed by atoms with Crippen molar-refractivity contribution in [3.8, 4) is 0 Å². The van der Waals surface area contributed by atoms with Gasteiger partial charge in [0.1, 0.15) is 0 Å². The predicted octanol–water partition coefficient (Wildman–Crippen LogP) is 24.2. The molecular weight excluding hydrogens is 983 g/mol. The highest BCUT2D eigenvalue weighted by molar-refractivity contribution is 5.76. The van der Waals surface area contributed by atoms with Gasteiger partial charge in [-0.15, -0.1) is 0 Å². The molecular formula is C74H147NO5. The minimum absolute atomic E-state index is 0.0211. The third-order valence-corrected chi connectivity index (χ3v) is 17.9. The van der Waals surface area contributed by atoms with Gasteiger partial charge in [0, 0.05) is 12.8 Å². The number of ether oxygens (including phenoxy) is 1. The van der Waals surface area contributed by atoms with Gasteiger partial charge in [0.25, 0.3) is 0 Å². The Kier molecular flexibility index (Phi) is 69.3. The quantitative estimate of drug-likeness (QED) is 0.0417. The first-order valence-corrected chi connectivity index (χ1v) is 37.3. The first-order chi connectivity index (χ1) is 39.5. The number of unbranched alkanes of at least 4 members (excludes halogenated alkanes) is 60. The van der Waals surface area contributed by atoms with Gasteiger partial charge in [0.15, 0.2) is 0 Å². The molecule has 0 aliphatic heterocycles. The molecule has 0 heterocycles. The zero-order valence-corrected chi connectivity index (χ0v) is 54.9. The van der Waals surface area contributed by atoms with Crippen molar-refractivity contribution in [2.45, 2.75) is 450 Å². The van der Waals surface area contributed by atoms with Crippen molar-refractivity contribution in [2.75, 3.05) is 13.2 Å². The molecule has 0 bridgehead atoms. The Morgan fingerprint density at radius 2 is 0.512 bits per heavy atom. The summed E-state index contributed by atoms with van der Waals surface area (Å²) in [5.41, 5.74) is 0. The summed E-state index contributed by atoms with van der Waals surface area (Å²) < 4.78 is 5.50. The third kappa shape index (κ3) is 66.0. The summed E-state index contributed by atoms with van der Waals surface area (Å²) in [4.78, 5) is 24.6. The summed E-state index contributed by atoms with van der Waals surface area (Å²) in [5.74, 6) is -0.00546. The van der Waals surface area contributed by atoms with Crippen LogP contribution >= 0.6 is 0 Å². The van der Waals surface area contributed by atoms with Gasteiger partial charge in [0.2, 0.25) is 5.91 Å². The molecule has 6 nitrogen and oxygen atoms in total. The minimum atomic E-state index is -0.663. The molecule has 1 amide bonds. The number of esters is 1. The first kappa shape index (κ1) is 78.9. The molecule has 0 spiro atoms. The molecule has 0 fully saturated rings. The fraction of sp³-hybridized carbons (Fsp3) is 0.973. The van der Waals surface area contributed by atoms with E-state index in [-0.39, 0.29) is 18.5 Å². The van der Waals surface area contributed by atoms with Crippen LogP contribution in [0.5, 0.6) is 0 Å². The first-order valence-electron chi connectivity index (χ1n) is 37.3. The van der Waals surface area contributed by atoms with E-state index in [9.17, 15) is 19.8 Å². The summed E-state index contributed by atoms with van der Waals surface area (Å²) >= 11 is 0. The highest BCUT2D eigenvalue weighted by Crippen LogP contribution is 2.20. The second kappa shape index (κ2) is 70.3. The molecule has 0 rings (SSSR count). The molecule has 6 heteroatoms. The van der Waals surface area contributed by atoms with Crippen LogP contribution in [0, 0.1) is 0 Å². The van der Waals surface area contributed by atoms with Crippen LogP contribution in [0.3, 0.4) is 0 Å². The molecule has 80 heavy (non-hydrogen) atoms. The maximum absolute atomic E-state index is 12.6. The van der Waals surface area contributed by atoms with Crippen molar-refractivity contribution in [1.29, 1.82) is 0 Å². The smallest absolute Gasteiger partial charge is 0.305 e. The third-order valence-electron chi connectivity index (χ3n) is 17.9. The summed E-state index contributed by atoms with van der Waals surface area (Å²) in [5, 5.41) is 23.5. The molecule has 0 aromatic carbocycles. The van der Waals surface area contributed by atoms with Crippen LogP contribution in [-0.2, 0) is 14.3 Å². The lowest BCUT2D eigenvalue weighted by Crippen LogP contribution is -2.45. The minimum Gasteiger partial charge on any atom is -0.466 e. The van der Waals surface area contributed by atoms with Gasteiger partial charge >= 0.3 is 5.97 Å². The van der Waals surface area contributed by atoms with Crippen molar-refractivity contribution in [1.82, 2.24) is 5.32 Å². The van der Waals surface area contributed by atoms with Gasteiger partial charge in [0.05, 0.1) is 25.4 Å². The van der Waals surface area contributed by atoms with Crippen LogP contribution in [0.15, 0.2) is 0 Å². The van der Waals surface area contributed by atoms with E-state index >= 15 is 0 Å². The highest BCUT2D eigenvalue weighted by atomic mass is 16.5. The van der Waals surface area contributed by atoms with Gasteiger partial charge in [-0.3, -0.25) is 9.59 Å². The van der Waals surface area contributed by atoms with E-state index in [1.165, 1.54) is 366 Å². The Morgan fingerprint density at radius 3 is 0.762 bits per heavy atom. The summed E-state index contributed by atoms with van der Waals surface area (Å²) in [6.07, 6.45) is 85.9. The second-order valence-corrected chi connectivity index (χ2v) is 26.0. The van der Waals surface area contributed by atoms with Gasteiger partial charge in [-0.2, -0.15) is 0 Å². The van der Waals surface area contributed by atoms with E-state index in [0.717, 1.165) is 38.5 Å². The van der Waals surface area contributed by atoms with Crippen LogP contribution in [-0.4, -0.2) is 47.4 Å². The summed E-state index contributed by atoms with van der Waals surface area (Å²) in [6, 6.07) is -0.540. The number of amides is 1. The lowest BCUT2D eigenvalue weighted by Gasteiger charge is -2.22. The van der Waals surface area contributed by atoms with E-state index in [1.54, 1.807) is 0 Å². The number of aliphatic hydroxyl groups excluding tert-OH is 2. The number of hydrogen-bond acceptors (Lipinski definition) is 5. The van der Waals surface area contributed by atoms with Crippen LogP contribution < -0.4 is 5.32 Å². The van der Waals surface area contributed by atoms with Crippen LogP contribution in [0.4, 0.5) is 0 Å². The molecule has 0 aliphatic carbocycles. The molecule has 3 N–H and O–H groups in total. The topological polar surface area (TPSA) is 95.9 Å². The van der Waals surface area contributed by atoms with Gasteiger partial charge in [-0.1, -0.05) is 399 Å². The van der Waals surface area contributed by atoms with E-state index in [0.29, 0.717) is 25.9 Å². The van der Waals surface area contributed by atoms with Gasteiger partial charge < -0.3 is 20.3 Å². The molecule has 2 atom stereocenters. The number of carbonyl (C=O) groups is 2. The monoisotopic (exact) mass is 1130 g/mol. The Balaban J connectivity index is 3.34. The largest absolute Gasteiger partial charge is 0.466 e. The number of rotatable bonds is 71. The average molecular weight is 1130 g/mol. The zero-order valence-electron chi connectivity index (χ0n) is 54.9. The molecule has 0 saturated carbocycles. The Morgan fingerprint density at radius 1 is 0.300 bits per heavy atom. The number of nitrogens with one attached hydrogen (secondary N) is 1. The van der Waals surface area contributed by atoms with E-state index < -0.39 is 12.1 Å². The highest BCUT2D eigenvalue weighted by Gasteiger charge is 2.20. The van der Waals surface area contributed by atoms with Crippen LogP contribution in [0.2, 0.25) is 0 Å². The molecule has 0 saturated heterocycles. The van der Waals surface area contributed by atoms with E-state index in [1.807, 2.05) is 0 Å². The SMILES string of the molecule is CCCCCCCCCCCCCCCCCCCCCCCCCC(O)C(CO)NC(=O)CCCCCCCCCCCCCCCCCCCCCCCCCCCCOC(=O)CCCCCCCCCCCCCCCC. The van der Waals surface area contributed by atoms with Crippen molar-refractivity contribution in [2.24, 2.45) is 0 Å². The Hall–Kier alpha value is -1.14. The number of aliphatic hydroxyl groups is 2. The Labute approximate surface area is 502 Å².